The molecule has 0 N–H and O–H groups in total. The molecule has 0 heterocycles. The summed E-state index contributed by atoms with van der Waals surface area (Å²) in [7, 11) is 0. The molecule has 0 bridgehead atoms. The molecule has 24 heavy (non-hydrogen) atoms. The second-order valence-electron chi connectivity index (χ2n) is 5.22. The molecule has 0 aliphatic heterocycles. The fourth-order valence-corrected chi connectivity index (χ4v) is 2.04. The van der Waals surface area contributed by atoms with Gasteiger partial charge < -0.3 is 9.47 Å². The predicted octanol–water partition coefficient (Wildman–Crippen LogP) is 3.27. The molecule has 0 spiro atoms. The van der Waals surface area contributed by atoms with Crippen LogP contribution >= 0.6 is 0 Å². The Morgan fingerprint density at radius 3 is 2.42 bits per heavy atom. The van der Waals surface area contributed by atoms with Gasteiger partial charge in [-0.3, -0.25) is 4.79 Å². The Labute approximate surface area is 140 Å². The Morgan fingerprint density at radius 2 is 1.79 bits per heavy atom. The molecule has 5 nitrogen and oxygen atoms in total. The third-order valence-corrected chi connectivity index (χ3v) is 3.41. The standard InChI is InChI=1S/C19H17NO4/c1-13(21)15-7-9-18(10-8-15)24-14(2)19(22)23-12-17-6-4-3-5-16(17)11-20/h3-10,14H,12H2,1-2H3. The Kier molecular flexibility index (Phi) is 5.69. The van der Waals surface area contributed by atoms with Gasteiger partial charge in [-0.25, -0.2) is 4.79 Å². The molecule has 5 heteroatoms. The lowest BCUT2D eigenvalue weighted by molar-refractivity contribution is -0.152. The highest BCUT2D eigenvalue weighted by Gasteiger charge is 2.17. The van der Waals surface area contributed by atoms with Crippen LogP contribution in [0.3, 0.4) is 0 Å². The van der Waals surface area contributed by atoms with Crippen molar-refractivity contribution in [3.63, 3.8) is 0 Å². The molecule has 0 amide bonds. The van der Waals surface area contributed by atoms with Crippen LogP contribution in [0.4, 0.5) is 0 Å². The summed E-state index contributed by atoms with van der Waals surface area (Å²) in [5.74, 6) is -0.0922. The summed E-state index contributed by atoms with van der Waals surface area (Å²) in [4.78, 5) is 23.2. The van der Waals surface area contributed by atoms with Gasteiger partial charge >= 0.3 is 5.97 Å². The van der Waals surface area contributed by atoms with Crippen molar-refractivity contribution < 1.29 is 19.1 Å². The van der Waals surface area contributed by atoms with Gasteiger partial charge in [-0.1, -0.05) is 18.2 Å². The zero-order chi connectivity index (χ0) is 17.5. The van der Waals surface area contributed by atoms with Crippen LogP contribution in [0.15, 0.2) is 48.5 Å². The molecular formula is C19H17NO4. The number of nitrogens with zero attached hydrogens (tertiary/aromatic N) is 1. The van der Waals surface area contributed by atoms with Gasteiger partial charge in [0, 0.05) is 11.1 Å². The number of benzene rings is 2. The monoisotopic (exact) mass is 323 g/mol. The molecule has 0 saturated carbocycles. The van der Waals surface area contributed by atoms with Crippen molar-refractivity contribution in [2.24, 2.45) is 0 Å². The topological polar surface area (TPSA) is 76.4 Å². The fraction of sp³-hybridized carbons (Fsp3) is 0.211. The van der Waals surface area contributed by atoms with Crippen LogP contribution in [0.2, 0.25) is 0 Å². The van der Waals surface area contributed by atoms with Crippen molar-refractivity contribution in [3.8, 4) is 11.8 Å². The highest BCUT2D eigenvalue weighted by Crippen LogP contribution is 2.15. The highest BCUT2D eigenvalue weighted by atomic mass is 16.6. The molecular weight excluding hydrogens is 306 g/mol. The van der Waals surface area contributed by atoms with Crippen molar-refractivity contribution >= 4 is 11.8 Å². The van der Waals surface area contributed by atoms with Crippen LogP contribution in [-0.2, 0) is 16.1 Å². The van der Waals surface area contributed by atoms with E-state index >= 15 is 0 Å². The normalized spacial score (nSPS) is 11.2. The van der Waals surface area contributed by atoms with Crippen molar-refractivity contribution in [1.82, 2.24) is 0 Å². The van der Waals surface area contributed by atoms with Gasteiger partial charge in [-0.15, -0.1) is 0 Å². The van der Waals surface area contributed by atoms with Crippen LogP contribution in [0.1, 0.15) is 35.3 Å². The van der Waals surface area contributed by atoms with Crippen LogP contribution in [0, 0.1) is 11.3 Å². The second kappa shape index (κ2) is 7.93. The number of esters is 1. The fourth-order valence-electron chi connectivity index (χ4n) is 2.04. The lowest BCUT2D eigenvalue weighted by atomic mass is 10.1. The lowest BCUT2D eigenvalue weighted by Gasteiger charge is -2.14. The lowest BCUT2D eigenvalue weighted by Crippen LogP contribution is -2.26. The van der Waals surface area contributed by atoms with E-state index in [-0.39, 0.29) is 12.4 Å². The van der Waals surface area contributed by atoms with E-state index in [4.69, 9.17) is 14.7 Å². The maximum absolute atomic E-state index is 12.0. The van der Waals surface area contributed by atoms with E-state index in [1.807, 2.05) is 0 Å². The first-order valence-electron chi connectivity index (χ1n) is 7.43. The number of hydrogen-bond donors (Lipinski definition) is 0. The summed E-state index contributed by atoms with van der Waals surface area (Å²) in [5, 5.41) is 9.01. The quantitative estimate of drug-likeness (QED) is 0.602. The molecule has 2 aromatic carbocycles. The molecule has 2 aromatic rings. The summed E-state index contributed by atoms with van der Waals surface area (Å²) in [6.45, 7) is 3.08. The molecule has 0 radical (unpaired) electrons. The van der Waals surface area contributed by atoms with Gasteiger partial charge in [0.25, 0.3) is 0 Å². The zero-order valence-corrected chi connectivity index (χ0v) is 13.5. The molecule has 0 aliphatic carbocycles. The summed E-state index contributed by atoms with van der Waals surface area (Å²) < 4.78 is 10.7. The van der Waals surface area contributed by atoms with Gasteiger partial charge in [0.15, 0.2) is 11.9 Å². The van der Waals surface area contributed by atoms with Gasteiger partial charge in [0.05, 0.1) is 11.6 Å². The number of carbonyl (C=O) groups excluding carboxylic acids is 2. The maximum atomic E-state index is 12.0. The molecule has 0 aromatic heterocycles. The van der Waals surface area contributed by atoms with E-state index in [1.54, 1.807) is 55.5 Å². The van der Waals surface area contributed by atoms with Gasteiger partial charge in [-0.05, 0) is 44.2 Å². The highest BCUT2D eigenvalue weighted by molar-refractivity contribution is 5.94. The number of ether oxygens (including phenoxy) is 2. The van der Waals surface area contributed by atoms with Crippen LogP contribution < -0.4 is 4.74 Å². The minimum Gasteiger partial charge on any atom is -0.479 e. The number of hydrogen-bond acceptors (Lipinski definition) is 5. The molecule has 122 valence electrons. The van der Waals surface area contributed by atoms with E-state index in [0.29, 0.717) is 22.4 Å². The van der Waals surface area contributed by atoms with Gasteiger partial charge in [0.2, 0.25) is 0 Å². The van der Waals surface area contributed by atoms with Crippen molar-refractivity contribution in [2.45, 2.75) is 26.6 Å². The smallest absolute Gasteiger partial charge is 0.347 e. The Bertz CT molecular complexity index is 775. The maximum Gasteiger partial charge on any atom is 0.347 e. The summed E-state index contributed by atoms with van der Waals surface area (Å²) in [5.41, 5.74) is 1.69. The van der Waals surface area contributed by atoms with Crippen molar-refractivity contribution in [3.05, 3.63) is 65.2 Å². The van der Waals surface area contributed by atoms with E-state index in [0.717, 1.165) is 0 Å². The first-order valence-corrected chi connectivity index (χ1v) is 7.43. The molecule has 1 atom stereocenters. The summed E-state index contributed by atoms with van der Waals surface area (Å²) >= 11 is 0. The molecule has 0 aliphatic rings. The SMILES string of the molecule is CC(=O)c1ccc(OC(C)C(=O)OCc2ccccc2C#N)cc1. The largest absolute Gasteiger partial charge is 0.479 e. The van der Waals surface area contributed by atoms with Gasteiger partial charge in [0.1, 0.15) is 12.4 Å². The minimum atomic E-state index is -0.803. The second-order valence-corrected chi connectivity index (χ2v) is 5.22. The Hall–Kier alpha value is -3.13. The van der Waals surface area contributed by atoms with Crippen LogP contribution in [0.5, 0.6) is 5.75 Å². The van der Waals surface area contributed by atoms with Crippen molar-refractivity contribution in [1.29, 1.82) is 5.26 Å². The number of Topliss-reactive ketones (excluding diaryl/α,β-unsaturated/α-hetero) is 1. The third-order valence-electron chi connectivity index (χ3n) is 3.41. The minimum absolute atomic E-state index is 0.0134. The molecule has 1 unspecified atom stereocenters. The van der Waals surface area contributed by atoms with E-state index in [1.165, 1.54) is 6.92 Å². The van der Waals surface area contributed by atoms with Crippen molar-refractivity contribution in [2.75, 3.05) is 0 Å². The Morgan fingerprint density at radius 1 is 1.12 bits per heavy atom. The molecule has 2 rings (SSSR count). The number of ketones is 1. The zero-order valence-electron chi connectivity index (χ0n) is 13.5. The van der Waals surface area contributed by atoms with E-state index in [9.17, 15) is 9.59 Å². The number of nitriles is 1. The summed E-state index contributed by atoms with van der Waals surface area (Å²) in [6.07, 6.45) is -0.803. The first kappa shape index (κ1) is 17.2. The molecule has 0 fully saturated rings. The summed E-state index contributed by atoms with van der Waals surface area (Å²) in [6, 6.07) is 15.5. The average molecular weight is 323 g/mol. The van der Waals surface area contributed by atoms with Crippen LogP contribution in [-0.4, -0.2) is 17.9 Å². The predicted molar refractivity (Wildman–Crippen MR) is 87.5 cm³/mol. The average Bonchev–Trinajstić information content (AvgIpc) is 2.60. The third kappa shape index (κ3) is 4.43. The van der Waals surface area contributed by atoms with Gasteiger partial charge in [-0.2, -0.15) is 5.26 Å². The van der Waals surface area contributed by atoms with Crippen LogP contribution in [0.25, 0.3) is 0 Å². The first-order chi connectivity index (χ1) is 11.5. The molecule has 0 saturated heterocycles. The number of rotatable bonds is 6. The van der Waals surface area contributed by atoms with E-state index in [2.05, 4.69) is 6.07 Å². The number of carbonyl (C=O) groups is 2. The van der Waals surface area contributed by atoms with E-state index < -0.39 is 12.1 Å². The Balaban J connectivity index is 1.92.